The summed E-state index contributed by atoms with van der Waals surface area (Å²) in [6.07, 6.45) is 2.54. The normalized spacial score (nSPS) is 23.6. The summed E-state index contributed by atoms with van der Waals surface area (Å²) in [7, 11) is 0. The van der Waals surface area contributed by atoms with Crippen molar-refractivity contribution >= 4 is 48.0 Å². The topological polar surface area (TPSA) is 21.6 Å². The van der Waals surface area contributed by atoms with E-state index in [0.29, 0.717) is 19.8 Å². The van der Waals surface area contributed by atoms with Crippen LogP contribution in [0.3, 0.4) is 0 Å². The van der Waals surface area contributed by atoms with Crippen molar-refractivity contribution in [3.05, 3.63) is 30.3 Å². The Morgan fingerprint density at radius 1 is 1.47 bits per heavy atom. The number of hydrogen-bond donors (Lipinski definition) is 0. The van der Waals surface area contributed by atoms with Crippen LogP contribution in [0.4, 0.5) is 5.69 Å². The van der Waals surface area contributed by atoms with Gasteiger partial charge in [-0.15, -0.1) is 0 Å². The first-order chi connectivity index (χ1) is 8.29. The Morgan fingerprint density at radius 3 is 2.94 bits per heavy atom. The molecule has 0 saturated carbocycles. The van der Waals surface area contributed by atoms with Crippen molar-refractivity contribution in [2.45, 2.75) is 28.5 Å². The number of hydrogen-bond acceptors (Lipinski definition) is 2. The molecule has 2 rings (SSSR count). The number of benzene rings is 1. The molecule has 0 aliphatic carbocycles. The van der Waals surface area contributed by atoms with E-state index in [-0.39, 0.29) is 0 Å². The van der Waals surface area contributed by atoms with Gasteiger partial charge in [-0.1, -0.05) is 0 Å². The third-order valence-corrected chi connectivity index (χ3v) is 7.63. The van der Waals surface area contributed by atoms with Crippen molar-refractivity contribution in [1.29, 1.82) is 0 Å². The van der Waals surface area contributed by atoms with Gasteiger partial charge in [0.25, 0.3) is 0 Å². The van der Waals surface area contributed by atoms with Crippen LogP contribution < -0.4 is 0 Å². The zero-order chi connectivity index (χ0) is 12.1. The zero-order valence-corrected chi connectivity index (χ0v) is 13.7. The van der Waals surface area contributed by atoms with Crippen LogP contribution in [0.1, 0.15) is 19.8 Å². The first kappa shape index (κ1) is 13.4. The zero-order valence-electron chi connectivity index (χ0n) is 9.80. The van der Waals surface area contributed by atoms with Crippen LogP contribution in [0.15, 0.2) is 35.3 Å². The van der Waals surface area contributed by atoms with Gasteiger partial charge in [-0.05, 0) is 0 Å². The van der Waals surface area contributed by atoms with Gasteiger partial charge in [0.05, 0.1) is 0 Å². The van der Waals surface area contributed by atoms with E-state index in [2.05, 4.69) is 34.5 Å². The molecule has 2 nitrogen and oxygen atoms in total. The maximum absolute atomic E-state index is 5.71. The van der Waals surface area contributed by atoms with Crippen molar-refractivity contribution in [3.63, 3.8) is 0 Å². The molecule has 1 heterocycles. The molecule has 1 aliphatic heterocycles. The predicted molar refractivity (Wildman–Crippen MR) is 81.7 cm³/mol. The Hall–Kier alpha value is -0.0605. The number of nitrogens with zero attached hydrogens (tertiary/aromatic N) is 1. The molecule has 0 bridgehead atoms. The predicted octanol–water partition coefficient (Wildman–Crippen LogP) is 3.80. The second-order valence-corrected chi connectivity index (χ2v) is 8.08. The van der Waals surface area contributed by atoms with E-state index in [1.54, 1.807) is 0 Å². The summed E-state index contributed by atoms with van der Waals surface area (Å²) in [5.41, 5.74) is 1.01. The van der Waals surface area contributed by atoms with Crippen molar-refractivity contribution in [1.82, 2.24) is 0 Å². The maximum atomic E-state index is 5.71. The fourth-order valence-electron chi connectivity index (χ4n) is 1.66. The van der Waals surface area contributed by atoms with E-state index < -0.39 is 0 Å². The third kappa shape index (κ3) is 3.97. The van der Waals surface area contributed by atoms with Crippen LogP contribution in [0.2, 0.25) is 4.82 Å². The van der Waals surface area contributed by atoms with Crippen molar-refractivity contribution in [2.75, 3.05) is 6.61 Å². The molecule has 1 aromatic carbocycles. The monoisotopic (exact) mass is 409 g/mol. The standard InChI is InChI=1S/C13H16INOSe/c1-2-6-11(14)12-9-16-13(17-12)15-10-7-4-3-5-8-10/h3-5,7-8,11-12H,2,6,9H2,1H3/t11-,12+/m0/s1. The number of aliphatic imine (C=N–C) groups is 1. The molecular weight excluding hydrogens is 392 g/mol. The van der Waals surface area contributed by atoms with Gasteiger partial charge in [0.15, 0.2) is 0 Å². The Balaban J connectivity index is 1.96. The molecule has 0 spiro atoms. The van der Waals surface area contributed by atoms with Gasteiger partial charge in [0.2, 0.25) is 0 Å². The molecule has 92 valence electrons. The fourth-order valence-corrected chi connectivity index (χ4v) is 5.29. The van der Waals surface area contributed by atoms with Gasteiger partial charge < -0.3 is 0 Å². The molecule has 17 heavy (non-hydrogen) atoms. The molecule has 2 atom stereocenters. The second kappa shape index (κ2) is 6.76. The molecule has 1 aromatic rings. The first-order valence-corrected chi connectivity index (χ1v) is 8.96. The second-order valence-electron chi connectivity index (χ2n) is 3.99. The van der Waals surface area contributed by atoms with Gasteiger partial charge in [0.1, 0.15) is 0 Å². The van der Waals surface area contributed by atoms with Crippen LogP contribution in [0.25, 0.3) is 0 Å². The van der Waals surface area contributed by atoms with Crippen LogP contribution in [-0.2, 0) is 4.74 Å². The van der Waals surface area contributed by atoms with Gasteiger partial charge in [-0.2, -0.15) is 0 Å². The number of para-hydroxylation sites is 1. The Kier molecular flexibility index (Phi) is 5.32. The van der Waals surface area contributed by atoms with Crippen molar-refractivity contribution < 1.29 is 4.74 Å². The van der Waals surface area contributed by atoms with Gasteiger partial charge in [-0.3, -0.25) is 0 Å². The Morgan fingerprint density at radius 2 is 2.24 bits per heavy atom. The molecule has 1 saturated heterocycles. The summed E-state index contributed by atoms with van der Waals surface area (Å²) in [4.78, 5) is 6.23. The van der Waals surface area contributed by atoms with Crippen LogP contribution in [0, 0.1) is 0 Å². The van der Waals surface area contributed by atoms with E-state index in [9.17, 15) is 0 Å². The minimum absolute atomic E-state index is 0.400. The average molecular weight is 408 g/mol. The van der Waals surface area contributed by atoms with E-state index in [1.165, 1.54) is 12.8 Å². The fraction of sp³-hybridized carbons (Fsp3) is 0.462. The summed E-state index contributed by atoms with van der Waals surface area (Å²) in [6.45, 7) is 3.10. The number of rotatable bonds is 4. The number of alkyl halides is 1. The molecule has 0 amide bonds. The molecule has 1 aliphatic rings. The summed E-state index contributed by atoms with van der Waals surface area (Å²) in [5, 5.41) is 0. The summed E-state index contributed by atoms with van der Waals surface area (Å²) < 4.78 is 6.45. The first-order valence-electron chi connectivity index (χ1n) is 5.87. The van der Waals surface area contributed by atoms with Gasteiger partial charge in [-0.25, -0.2) is 0 Å². The van der Waals surface area contributed by atoms with Crippen LogP contribution in [-0.4, -0.2) is 30.3 Å². The molecular formula is C13H16INOSe. The molecule has 4 heteroatoms. The van der Waals surface area contributed by atoms with E-state index >= 15 is 0 Å². The van der Waals surface area contributed by atoms with Crippen molar-refractivity contribution in [3.8, 4) is 0 Å². The summed E-state index contributed by atoms with van der Waals surface area (Å²) >= 11 is 2.96. The van der Waals surface area contributed by atoms with Crippen molar-refractivity contribution in [2.24, 2.45) is 4.99 Å². The summed E-state index contributed by atoms with van der Waals surface area (Å²) in [5.74, 6) is 0. The quantitative estimate of drug-likeness (QED) is 0.422. The molecule has 0 aromatic heterocycles. The molecule has 0 N–H and O–H groups in total. The van der Waals surface area contributed by atoms with E-state index in [4.69, 9.17) is 4.74 Å². The molecule has 0 unspecified atom stereocenters. The Bertz CT molecular complexity index is 382. The molecule has 1 fully saturated rings. The van der Waals surface area contributed by atoms with Crippen LogP contribution in [0.5, 0.6) is 0 Å². The average Bonchev–Trinajstić information content (AvgIpc) is 2.79. The minimum atomic E-state index is 0.400. The third-order valence-electron chi connectivity index (χ3n) is 2.57. The van der Waals surface area contributed by atoms with E-state index in [0.717, 1.165) is 21.0 Å². The van der Waals surface area contributed by atoms with E-state index in [1.807, 2.05) is 30.3 Å². The molecule has 0 radical (unpaired) electrons. The Labute approximate surface area is 123 Å². The van der Waals surface area contributed by atoms with Crippen LogP contribution >= 0.6 is 22.6 Å². The SMILES string of the molecule is CCC[C@H](I)[C@H]1COC(=Nc2ccccc2)[Se]1. The van der Waals surface area contributed by atoms with Gasteiger partial charge >= 0.3 is 123 Å². The number of ether oxygens (including phenoxy) is 1. The number of halogens is 1. The summed E-state index contributed by atoms with van der Waals surface area (Å²) in [6, 6.07) is 10.1. The van der Waals surface area contributed by atoms with Gasteiger partial charge in [0, 0.05) is 0 Å².